The highest BCUT2D eigenvalue weighted by Crippen LogP contribution is 2.34. The number of hydrogen-bond donors (Lipinski definition) is 2. The Balaban J connectivity index is 2.00. The fourth-order valence-electron chi connectivity index (χ4n) is 2.42. The number of amides is 3. The van der Waals surface area contributed by atoms with E-state index in [2.05, 4.69) is 17.9 Å². The minimum Gasteiger partial charge on any atom is -0.354 e. The third kappa shape index (κ3) is 2.43. The van der Waals surface area contributed by atoms with Gasteiger partial charge in [-0.1, -0.05) is 12.2 Å². The van der Waals surface area contributed by atoms with Crippen LogP contribution in [-0.4, -0.2) is 41.5 Å². The van der Waals surface area contributed by atoms with Gasteiger partial charge in [0.05, 0.1) is 11.8 Å². The highest BCUT2D eigenvalue weighted by atomic mass is 32.1. The minimum atomic E-state index is -0.308. The van der Waals surface area contributed by atoms with Gasteiger partial charge in [0.1, 0.15) is 6.54 Å². The zero-order valence-corrected chi connectivity index (χ0v) is 10.9. The van der Waals surface area contributed by atoms with Crippen molar-refractivity contribution in [2.24, 2.45) is 11.8 Å². The van der Waals surface area contributed by atoms with Crippen LogP contribution in [0.25, 0.3) is 0 Å². The summed E-state index contributed by atoms with van der Waals surface area (Å²) in [6.07, 6.45) is 5.06. The summed E-state index contributed by atoms with van der Waals surface area (Å²) in [5.74, 6) is -0.730. The van der Waals surface area contributed by atoms with Gasteiger partial charge in [0.15, 0.2) is 0 Å². The van der Waals surface area contributed by atoms with E-state index < -0.39 is 0 Å². The Bertz CT molecular complexity index is 382. The molecule has 0 saturated carbocycles. The SMILES string of the molecule is O=C(CN1C(=O)C2CC=CCC2C1=O)NCCS. The van der Waals surface area contributed by atoms with E-state index in [1.165, 1.54) is 0 Å². The molecule has 6 heteroatoms. The maximum absolute atomic E-state index is 12.0. The van der Waals surface area contributed by atoms with E-state index in [4.69, 9.17) is 0 Å². The van der Waals surface area contributed by atoms with Crippen LogP contribution in [0.2, 0.25) is 0 Å². The number of rotatable bonds is 4. The van der Waals surface area contributed by atoms with E-state index in [9.17, 15) is 14.4 Å². The predicted molar refractivity (Wildman–Crippen MR) is 68.9 cm³/mol. The third-order valence-corrected chi connectivity index (χ3v) is 3.56. The van der Waals surface area contributed by atoms with Crippen LogP contribution in [0.3, 0.4) is 0 Å². The molecule has 2 unspecified atom stereocenters. The second kappa shape index (κ2) is 5.56. The second-order valence-corrected chi connectivity index (χ2v) is 4.94. The zero-order chi connectivity index (χ0) is 13.1. The van der Waals surface area contributed by atoms with E-state index in [0.717, 1.165) is 4.90 Å². The van der Waals surface area contributed by atoms with Crippen molar-refractivity contribution in [1.29, 1.82) is 0 Å². The first kappa shape index (κ1) is 13.1. The molecule has 1 fully saturated rings. The number of likely N-dealkylation sites (tertiary alicyclic amines) is 1. The molecule has 1 N–H and O–H groups in total. The number of carbonyl (C=O) groups excluding carboxylic acids is 3. The molecule has 1 aliphatic carbocycles. The summed E-state index contributed by atoms with van der Waals surface area (Å²) in [7, 11) is 0. The molecule has 1 saturated heterocycles. The lowest BCUT2D eigenvalue weighted by atomic mass is 9.85. The number of hydrogen-bond acceptors (Lipinski definition) is 4. The van der Waals surface area contributed by atoms with Gasteiger partial charge in [0, 0.05) is 12.3 Å². The highest BCUT2D eigenvalue weighted by Gasteiger charge is 2.47. The average molecular weight is 268 g/mol. The Morgan fingerprint density at radius 3 is 2.33 bits per heavy atom. The van der Waals surface area contributed by atoms with Gasteiger partial charge in [-0.2, -0.15) is 12.6 Å². The molecule has 5 nitrogen and oxygen atoms in total. The predicted octanol–water partition coefficient (Wildman–Crippen LogP) is -0.0164. The molecule has 18 heavy (non-hydrogen) atoms. The number of allylic oxidation sites excluding steroid dienone is 2. The lowest BCUT2D eigenvalue weighted by Crippen LogP contribution is -2.41. The van der Waals surface area contributed by atoms with Crippen molar-refractivity contribution in [3.63, 3.8) is 0 Å². The van der Waals surface area contributed by atoms with Crippen molar-refractivity contribution < 1.29 is 14.4 Å². The first-order valence-electron chi connectivity index (χ1n) is 6.03. The van der Waals surface area contributed by atoms with Crippen LogP contribution in [-0.2, 0) is 14.4 Å². The lowest BCUT2D eigenvalue weighted by Gasteiger charge is -2.14. The Kier molecular flexibility index (Phi) is 4.06. The summed E-state index contributed by atoms with van der Waals surface area (Å²) in [4.78, 5) is 36.7. The van der Waals surface area contributed by atoms with Gasteiger partial charge < -0.3 is 5.32 Å². The van der Waals surface area contributed by atoms with Crippen molar-refractivity contribution in [3.05, 3.63) is 12.2 Å². The molecule has 0 aromatic rings. The molecule has 0 radical (unpaired) electrons. The van der Waals surface area contributed by atoms with Crippen molar-refractivity contribution in [2.75, 3.05) is 18.8 Å². The molecule has 3 amide bonds. The van der Waals surface area contributed by atoms with Gasteiger partial charge in [-0.05, 0) is 12.8 Å². The van der Waals surface area contributed by atoms with Crippen LogP contribution in [0.15, 0.2) is 12.2 Å². The first-order valence-corrected chi connectivity index (χ1v) is 6.66. The summed E-state index contributed by atoms with van der Waals surface area (Å²) < 4.78 is 0. The van der Waals surface area contributed by atoms with Gasteiger partial charge in [0.2, 0.25) is 17.7 Å². The van der Waals surface area contributed by atoms with Crippen LogP contribution in [0.1, 0.15) is 12.8 Å². The van der Waals surface area contributed by atoms with Gasteiger partial charge in [-0.3, -0.25) is 19.3 Å². The highest BCUT2D eigenvalue weighted by molar-refractivity contribution is 7.80. The van der Waals surface area contributed by atoms with Crippen molar-refractivity contribution >= 4 is 30.4 Å². The fourth-order valence-corrected chi connectivity index (χ4v) is 2.53. The Morgan fingerprint density at radius 2 is 1.83 bits per heavy atom. The summed E-state index contributed by atoms with van der Waals surface area (Å²) in [6.45, 7) is 0.269. The molecule has 2 aliphatic rings. The number of imide groups is 1. The van der Waals surface area contributed by atoms with E-state index in [-0.39, 0.29) is 36.1 Å². The van der Waals surface area contributed by atoms with E-state index in [1.807, 2.05) is 12.2 Å². The molecule has 0 aromatic heterocycles. The maximum Gasteiger partial charge on any atom is 0.240 e. The number of nitrogens with zero attached hydrogens (tertiary/aromatic N) is 1. The zero-order valence-electron chi connectivity index (χ0n) is 9.96. The number of nitrogens with one attached hydrogen (secondary N) is 1. The molecule has 2 rings (SSSR count). The lowest BCUT2D eigenvalue weighted by molar-refractivity contribution is -0.143. The Morgan fingerprint density at radius 1 is 1.28 bits per heavy atom. The van der Waals surface area contributed by atoms with Crippen molar-refractivity contribution in [1.82, 2.24) is 10.2 Å². The summed E-state index contributed by atoms with van der Waals surface area (Å²) in [6, 6.07) is 0. The molecule has 0 bridgehead atoms. The largest absolute Gasteiger partial charge is 0.354 e. The number of thiol groups is 1. The topological polar surface area (TPSA) is 66.5 Å². The molecule has 98 valence electrons. The fraction of sp³-hybridized carbons (Fsp3) is 0.583. The van der Waals surface area contributed by atoms with Crippen molar-refractivity contribution in [2.45, 2.75) is 12.8 Å². The summed E-state index contributed by atoms with van der Waals surface area (Å²) in [5.41, 5.74) is 0. The smallest absolute Gasteiger partial charge is 0.240 e. The number of fused-ring (bicyclic) bond motifs is 1. The summed E-state index contributed by atoms with van der Waals surface area (Å²) in [5, 5.41) is 2.60. The second-order valence-electron chi connectivity index (χ2n) is 4.49. The third-order valence-electron chi connectivity index (χ3n) is 3.33. The molecule has 1 aliphatic heterocycles. The normalized spacial score (nSPS) is 26.4. The Labute approximate surface area is 111 Å². The monoisotopic (exact) mass is 268 g/mol. The average Bonchev–Trinajstić information content (AvgIpc) is 2.62. The maximum atomic E-state index is 12.0. The van der Waals surface area contributed by atoms with Gasteiger partial charge in [-0.25, -0.2) is 0 Å². The summed E-state index contributed by atoms with van der Waals surface area (Å²) >= 11 is 3.98. The van der Waals surface area contributed by atoms with Crippen LogP contribution in [0.4, 0.5) is 0 Å². The standard InChI is InChI=1S/C12H16N2O3S/c15-10(13-5-6-18)7-14-11(16)8-3-1-2-4-9(8)12(14)17/h1-2,8-9,18H,3-7H2,(H,13,15). The number of carbonyl (C=O) groups is 3. The molecule has 0 spiro atoms. The van der Waals surface area contributed by atoms with Gasteiger partial charge >= 0.3 is 0 Å². The quantitative estimate of drug-likeness (QED) is 0.428. The van der Waals surface area contributed by atoms with Crippen LogP contribution >= 0.6 is 12.6 Å². The van der Waals surface area contributed by atoms with E-state index in [1.54, 1.807) is 0 Å². The van der Waals surface area contributed by atoms with E-state index >= 15 is 0 Å². The molecular weight excluding hydrogens is 252 g/mol. The Hall–Kier alpha value is -1.30. The van der Waals surface area contributed by atoms with Crippen LogP contribution in [0.5, 0.6) is 0 Å². The van der Waals surface area contributed by atoms with Gasteiger partial charge in [-0.15, -0.1) is 0 Å². The first-order chi connectivity index (χ1) is 8.65. The van der Waals surface area contributed by atoms with Gasteiger partial charge in [0.25, 0.3) is 0 Å². The van der Waals surface area contributed by atoms with Crippen LogP contribution in [0, 0.1) is 11.8 Å². The minimum absolute atomic E-state index is 0.168. The molecule has 0 aromatic carbocycles. The van der Waals surface area contributed by atoms with E-state index in [0.29, 0.717) is 25.1 Å². The molecule has 2 atom stereocenters. The van der Waals surface area contributed by atoms with Crippen molar-refractivity contribution in [3.8, 4) is 0 Å². The van der Waals surface area contributed by atoms with Crippen LogP contribution < -0.4 is 5.32 Å². The molecule has 1 heterocycles. The molecular formula is C12H16N2O3S.